The molecule has 0 aliphatic heterocycles. The van der Waals surface area contributed by atoms with Gasteiger partial charge < -0.3 is 4.74 Å². The topological polar surface area (TPSA) is 55.4 Å². The molecule has 0 heterocycles. The van der Waals surface area contributed by atoms with Crippen molar-refractivity contribution < 1.29 is 13.2 Å². The molecule has 1 aromatic rings. The van der Waals surface area contributed by atoms with E-state index in [4.69, 9.17) is 4.74 Å². The number of hydrogen-bond donors (Lipinski definition) is 1. The molecule has 0 aromatic heterocycles. The van der Waals surface area contributed by atoms with Gasteiger partial charge in [0.1, 0.15) is 10.6 Å². The number of hydrogen-bond acceptors (Lipinski definition) is 3. The minimum Gasteiger partial charge on any atom is -0.495 e. The standard InChI is InChI=1S/C15H23NO3S/c1-19-14-10-4-5-11-15(14)20(17,18)16-12-6-9-13-7-2-3-8-13/h4-5,10-11,13,16H,2-3,6-9,12H2,1H3. The number of methoxy groups -OCH3 is 1. The van der Waals surface area contributed by atoms with Crippen molar-refractivity contribution in [1.29, 1.82) is 0 Å². The summed E-state index contributed by atoms with van der Waals surface area (Å²) in [5.74, 6) is 1.18. The van der Waals surface area contributed by atoms with Crippen LogP contribution >= 0.6 is 0 Å². The molecule has 0 bridgehead atoms. The van der Waals surface area contributed by atoms with Crippen molar-refractivity contribution in [1.82, 2.24) is 4.72 Å². The largest absolute Gasteiger partial charge is 0.495 e. The summed E-state index contributed by atoms with van der Waals surface area (Å²) in [6.07, 6.45) is 7.29. The van der Waals surface area contributed by atoms with Crippen molar-refractivity contribution in [3.63, 3.8) is 0 Å². The van der Waals surface area contributed by atoms with Crippen molar-refractivity contribution in [3.8, 4) is 5.75 Å². The lowest BCUT2D eigenvalue weighted by molar-refractivity contribution is 0.402. The summed E-state index contributed by atoms with van der Waals surface area (Å²) in [5, 5.41) is 0. The monoisotopic (exact) mass is 297 g/mol. The summed E-state index contributed by atoms with van der Waals surface area (Å²) in [7, 11) is -1.99. The van der Waals surface area contributed by atoms with Crippen LogP contribution in [-0.2, 0) is 10.0 Å². The molecule has 2 rings (SSSR count). The predicted molar refractivity (Wildman–Crippen MR) is 79.4 cm³/mol. The molecule has 1 fully saturated rings. The first-order valence-corrected chi connectivity index (χ1v) is 8.74. The molecular weight excluding hydrogens is 274 g/mol. The van der Waals surface area contributed by atoms with Crippen LogP contribution in [0.5, 0.6) is 5.75 Å². The summed E-state index contributed by atoms with van der Waals surface area (Å²) in [4.78, 5) is 0.211. The third-order valence-corrected chi connectivity index (χ3v) is 5.42. The zero-order valence-electron chi connectivity index (χ0n) is 12.0. The molecule has 112 valence electrons. The SMILES string of the molecule is COc1ccccc1S(=O)(=O)NCCCC1CCCC1. The fourth-order valence-electron chi connectivity index (χ4n) is 2.81. The van der Waals surface area contributed by atoms with Gasteiger partial charge in [-0.2, -0.15) is 0 Å². The molecule has 0 unspecified atom stereocenters. The number of para-hydroxylation sites is 1. The molecule has 5 heteroatoms. The number of nitrogens with one attached hydrogen (secondary N) is 1. The molecule has 1 aliphatic carbocycles. The Kier molecular flexibility index (Phi) is 5.43. The molecule has 1 saturated carbocycles. The van der Waals surface area contributed by atoms with Crippen LogP contribution in [0.2, 0.25) is 0 Å². The van der Waals surface area contributed by atoms with Crippen LogP contribution in [0.4, 0.5) is 0 Å². The van der Waals surface area contributed by atoms with Crippen molar-refractivity contribution in [2.24, 2.45) is 5.92 Å². The molecule has 20 heavy (non-hydrogen) atoms. The van der Waals surface area contributed by atoms with Crippen molar-refractivity contribution >= 4 is 10.0 Å². The Labute approximate surface area is 121 Å². The van der Waals surface area contributed by atoms with E-state index in [0.717, 1.165) is 18.8 Å². The third-order valence-electron chi connectivity index (χ3n) is 3.91. The highest BCUT2D eigenvalue weighted by atomic mass is 32.2. The average Bonchev–Trinajstić information content (AvgIpc) is 2.97. The predicted octanol–water partition coefficient (Wildman–Crippen LogP) is 2.94. The van der Waals surface area contributed by atoms with Crippen LogP contribution in [0, 0.1) is 5.92 Å². The van der Waals surface area contributed by atoms with E-state index in [9.17, 15) is 8.42 Å². The quantitative estimate of drug-likeness (QED) is 0.787. The van der Waals surface area contributed by atoms with Gasteiger partial charge in [-0.25, -0.2) is 13.1 Å². The molecule has 0 radical (unpaired) electrons. The maximum atomic E-state index is 12.2. The molecule has 0 saturated heterocycles. The van der Waals surface area contributed by atoms with Gasteiger partial charge in [-0.15, -0.1) is 0 Å². The zero-order chi connectivity index (χ0) is 14.4. The molecule has 0 atom stereocenters. The smallest absolute Gasteiger partial charge is 0.244 e. The van der Waals surface area contributed by atoms with Crippen LogP contribution in [0.3, 0.4) is 0 Å². The van der Waals surface area contributed by atoms with Crippen LogP contribution in [0.15, 0.2) is 29.2 Å². The van der Waals surface area contributed by atoms with Crippen molar-refractivity contribution in [3.05, 3.63) is 24.3 Å². The normalized spacial score (nSPS) is 16.4. The lowest BCUT2D eigenvalue weighted by atomic mass is 10.0. The van der Waals surface area contributed by atoms with Crippen LogP contribution in [0.25, 0.3) is 0 Å². The number of rotatable bonds is 7. The summed E-state index contributed by atoms with van der Waals surface area (Å²) in [6.45, 7) is 0.497. The van der Waals surface area contributed by atoms with Gasteiger partial charge in [0.05, 0.1) is 7.11 Å². The Balaban J connectivity index is 1.87. The first kappa shape index (κ1) is 15.3. The van der Waals surface area contributed by atoms with Crippen LogP contribution < -0.4 is 9.46 Å². The third kappa shape index (κ3) is 3.96. The first-order chi connectivity index (χ1) is 9.63. The van der Waals surface area contributed by atoms with Gasteiger partial charge in [0, 0.05) is 6.54 Å². The molecule has 4 nitrogen and oxygen atoms in total. The summed E-state index contributed by atoms with van der Waals surface area (Å²) in [5.41, 5.74) is 0. The van der Waals surface area contributed by atoms with E-state index >= 15 is 0 Å². The van der Waals surface area contributed by atoms with E-state index in [-0.39, 0.29) is 4.90 Å². The highest BCUT2D eigenvalue weighted by Crippen LogP contribution is 2.28. The summed E-state index contributed by atoms with van der Waals surface area (Å²) in [6, 6.07) is 6.69. The van der Waals surface area contributed by atoms with E-state index in [1.807, 2.05) is 0 Å². The summed E-state index contributed by atoms with van der Waals surface area (Å²) < 4.78 is 32.2. The second-order valence-corrected chi connectivity index (χ2v) is 7.08. The van der Waals surface area contributed by atoms with E-state index in [1.54, 1.807) is 24.3 Å². The fraction of sp³-hybridized carbons (Fsp3) is 0.600. The molecule has 0 spiro atoms. The first-order valence-electron chi connectivity index (χ1n) is 7.26. The maximum absolute atomic E-state index is 12.2. The Morgan fingerprint density at radius 2 is 1.95 bits per heavy atom. The molecular formula is C15H23NO3S. The number of benzene rings is 1. The maximum Gasteiger partial charge on any atom is 0.244 e. The second-order valence-electron chi connectivity index (χ2n) is 5.34. The summed E-state index contributed by atoms with van der Waals surface area (Å²) >= 11 is 0. The minimum absolute atomic E-state index is 0.211. The van der Waals surface area contributed by atoms with Gasteiger partial charge in [-0.05, 0) is 30.9 Å². The van der Waals surface area contributed by atoms with Crippen molar-refractivity contribution in [2.75, 3.05) is 13.7 Å². The van der Waals surface area contributed by atoms with Gasteiger partial charge in [0.2, 0.25) is 10.0 Å². The van der Waals surface area contributed by atoms with Crippen LogP contribution in [-0.4, -0.2) is 22.1 Å². The Morgan fingerprint density at radius 3 is 2.65 bits per heavy atom. The lowest BCUT2D eigenvalue weighted by Gasteiger charge is -2.11. The van der Waals surface area contributed by atoms with Gasteiger partial charge in [0.15, 0.2) is 0 Å². The van der Waals surface area contributed by atoms with E-state index in [1.165, 1.54) is 32.8 Å². The zero-order valence-corrected chi connectivity index (χ0v) is 12.8. The Bertz CT molecular complexity index is 522. The average molecular weight is 297 g/mol. The van der Waals surface area contributed by atoms with E-state index in [0.29, 0.717) is 12.3 Å². The second kappa shape index (κ2) is 7.09. The van der Waals surface area contributed by atoms with Gasteiger partial charge in [0.25, 0.3) is 0 Å². The van der Waals surface area contributed by atoms with E-state index in [2.05, 4.69) is 4.72 Å². The van der Waals surface area contributed by atoms with Gasteiger partial charge in [-0.1, -0.05) is 37.8 Å². The fourth-order valence-corrected chi connectivity index (χ4v) is 4.06. The van der Waals surface area contributed by atoms with Gasteiger partial charge in [-0.3, -0.25) is 0 Å². The molecule has 0 amide bonds. The molecule has 1 aliphatic rings. The molecule has 1 aromatic carbocycles. The number of sulfonamides is 1. The van der Waals surface area contributed by atoms with Crippen molar-refractivity contribution in [2.45, 2.75) is 43.4 Å². The highest BCUT2D eigenvalue weighted by Gasteiger charge is 2.19. The molecule has 1 N–H and O–H groups in total. The highest BCUT2D eigenvalue weighted by molar-refractivity contribution is 7.89. The van der Waals surface area contributed by atoms with Gasteiger partial charge >= 0.3 is 0 Å². The minimum atomic E-state index is -3.47. The Hall–Kier alpha value is -1.07. The van der Waals surface area contributed by atoms with E-state index < -0.39 is 10.0 Å². The lowest BCUT2D eigenvalue weighted by Crippen LogP contribution is -2.25. The van der Waals surface area contributed by atoms with Crippen LogP contribution in [0.1, 0.15) is 38.5 Å². The Morgan fingerprint density at radius 1 is 1.25 bits per heavy atom. The number of ether oxygens (including phenoxy) is 1.